The molecule has 0 heterocycles. The van der Waals surface area contributed by atoms with Gasteiger partial charge in [0.25, 0.3) is 0 Å². The Labute approximate surface area is 125 Å². The van der Waals surface area contributed by atoms with Crippen molar-refractivity contribution in [1.29, 1.82) is 0 Å². The molecule has 1 fully saturated rings. The molecule has 1 saturated carbocycles. The number of carbonyl (C=O) groups excluding carboxylic acids is 1. The van der Waals surface area contributed by atoms with Crippen molar-refractivity contribution in [3.63, 3.8) is 0 Å². The minimum atomic E-state index is -0.306. The fraction of sp³-hybridized carbons (Fsp3) is 0.389. The summed E-state index contributed by atoms with van der Waals surface area (Å²) >= 11 is 0. The van der Waals surface area contributed by atoms with E-state index in [9.17, 15) is 4.79 Å². The van der Waals surface area contributed by atoms with Crippen molar-refractivity contribution < 1.29 is 4.79 Å². The minimum Gasteiger partial charge on any atom is -0.326 e. The van der Waals surface area contributed by atoms with E-state index in [4.69, 9.17) is 5.73 Å². The van der Waals surface area contributed by atoms with Gasteiger partial charge in [-0.25, -0.2) is 0 Å². The number of rotatable bonds is 3. The van der Waals surface area contributed by atoms with Crippen LogP contribution >= 0.6 is 0 Å². The molecule has 0 atom stereocenters. The maximum atomic E-state index is 12.2. The molecule has 2 aromatic rings. The Hall–Kier alpha value is -1.87. The summed E-state index contributed by atoms with van der Waals surface area (Å²) in [5, 5.41) is 5.30. The molecule has 0 bridgehead atoms. The fourth-order valence-corrected chi connectivity index (χ4v) is 3.22. The summed E-state index contributed by atoms with van der Waals surface area (Å²) in [6.45, 7) is 0. The molecule has 0 aliphatic heterocycles. The van der Waals surface area contributed by atoms with E-state index in [1.807, 2.05) is 30.3 Å². The van der Waals surface area contributed by atoms with Crippen molar-refractivity contribution in [2.75, 3.05) is 5.32 Å². The molecular weight excluding hydrogens is 260 g/mol. The summed E-state index contributed by atoms with van der Waals surface area (Å²) in [6.07, 6.45) is 5.85. The molecule has 3 rings (SSSR count). The third kappa shape index (κ3) is 3.42. The number of carbonyl (C=O) groups is 1. The fourth-order valence-electron chi connectivity index (χ4n) is 3.22. The Morgan fingerprint density at radius 1 is 1.05 bits per heavy atom. The summed E-state index contributed by atoms with van der Waals surface area (Å²) in [7, 11) is 0. The van der Waals surface area contributed by atoms with Gasteiger partial charge in [-0.1, -0.05) is 49.6 Å². The predicted octanol–water partition coefficient (Wildman–Crippen LogP) is 3.83. The third-order valence-electron chi connectivity index (χ3n) is 4.40. The maximum Gasteiger partial charge on any atom is 0.226 e. The Morgan fingerprint density at radius 3 is 2.52 bits per heavy atom. The zero-order chi connectivity index (χ0) is 14.7. The standard InChI is InChI=1S/C18H22N2O/c19-18(10-4-1-5-11-18)13-17(21)20-16-9-8-14-6-2-3-7-15(14)12-16/h2-3,6-9,12H,1,4-5,10-11,13,19H2,(H,20,21). The van der Waals surface area contributed by atoms with Crippen molar-refractivity contribution in [2.24, 2.45) is 5.73 Å². The molecule has 3 heteroatoms. The smallest absolute Gasteiger partial charge is 0.226 e. The number of hydrogen-bond donors (Lipinski definition) is 2. The van der Waals surface area contributed by atoms with E-state index < -0.39 is 0 Å². The molecule has 1 amide bonds. The highest BCUT2D eigenvalue weighted by atomic mass is 16.1. The molecular formula is C18H22N2O. The maximum absolute atomic E-state index is 12.2. The lowest BCUT2D eigenvalue weighted by molar-refractivity contribution is -0.117. The molecule has 0 aromatic heterocycles. The molecule has 110 valence electrons. The van der Waals surface area contributed by atoms with Crippen molar-refractivity contribution in [2.45, 2.75) is 44.1 Å². The molecule has 2 aromatic carbocycles. The van der Waals surface area contributed by atoms with Gasteiger partial charge in [-0.3, -0.25) is 4.79 Å². The van der Waals surface area contributed by atoms with E-state index >= 15 is 0 Å². The van der Waals surface area contributed by atoms with Gasteiger partial charge in [0, 0.05) is 17.6 Å². The largest absolute Gasteiger partial charge is 0.326 e. The first-order valence-electron chi connectivity index (χ1n) is 7.72. The molecule has 1 aliphatic carbocycles. The minimum absolute atomic E-state index is 0.0229. The Kier molecular flexibility index (Phi) is 3.93. The van der Waals surface area contributed by atoms with Crippen molar-refractivity contribution in [3.8, 4) is 0 Å². The number of anilines is 1. The van der Waals surface area contributed by atoms with Gasteiger partial charge in [0.1, 0.15) is 0 Å². The first kappa shape index (κ1) is 14.1. The van der Waals surface area contributed by atoms with Gasteiger partial charge in [0.05, 0.1) is 0 Å². The van der Waals surface area contributed by atoms with E-state index in [2.05, 4.69) is 17.4 Å². The molecule has 3 nitrogen and oxygen atoms in total. The van der Waals surface area contributed by atoms with Gasteiger partial charge in [0.2, 0.25) is 5.91 Å². The zero-order valence-electron chi connectivity index (χ0n) is 12.3. The molecule has 1 aliphatic rings. The highest BCUT2D eigenvalue weighted by molar-refractivity contribution is 5.94. The number of benzene rings is 2. The summed E-state index contributed by atoms with van der Waals surface area (Å²) in [4.78, 5) is 12.2. The van der Waals surface area contributed by atoms with Gasteiger partial charge < -0.3 is 11.1 Å². The van der Waals surface area contributed by atoms with E-state index in [1.165, 1.54) is 11.8 Å². The third-order valence-corrected chi connectivity index (χ3v) is 4.40. The zero-order valence-corrected chi connectivity index (χ0v) is 12.3. The van der Waals surface area contributed by atoms with Crippen LogP contribution in [0.3, 0.4) is 0 Å². The second-order valence-corrected chi connectivity index (χ2v) is 6.21. The second-order valence-electron chi connectivity index (χ2n) is 6.21. The van der Waals surface area contributed by atoms with Gasteiger partial charge in [-0.05, 0) is 35.7 Å². The van der Waals surface area contributed by atoms with Gasteiger partial charge >= 0.3 is 0 Å². The van der Waals surface area contributed by atoms with Crippen molar-refractivity contribution in [3.05, 3.63) is 42.5 Å². The summed E-state index contributed by atoms with van der Waals surface area (Å²) in [6, 6.07) is 14.1. The van der Waals surface area contributed by atoms with E-state index in [1.54, 1.807) is 0 Å². The number of hydrogen-bond acceptors (Lipinski definition) is 2. The molecule has 0 saturated heterocycles. The van der Waals surface area contributed by atoms with Crippen LogP contribution < -0.4 is 11.1 Å². The van der Waals surface area contributed by atoms with E-state index in [0.717, 1.165) is 36.8 Å². The highest BCUT2D eigenvalue weighted by Crippen LogP contribution is 2.29. The Balaban J connectivity index is 1.68. The summed E-state index contributed by atoms with van der Waals surface area (Å²) in [5.74, 6) is 0.0229. The summed E-state index contributed by atoms with van der Waals surface area (Å²) in [5.41, 5.74) is 6.88. The molecule has 0 spiro atoms. The molecule has 21 heavy (non-hydrogen) atoms. The van der Waals surface area contributed by atoms with E-state index in [0.29, 0.717) is 6.42 Å². The van der Waals surface area contributed by atoms with Crippen LogP contribution in [-0.2, 0) is 4.79 Å². The van der Waals surface area contributed by atoms with Gasteiger partial charge in [0.15, 0.2) is 0 Å². The lowest BCUT2D eigenvalue weighted by Crippen LogP contribution is -2.44. The van der Waals surface area contributed by atoms with Crippen LogP contribution in [0.2, 0.25) is 0 Å². The number of amides is 1. The lowest BCUT2D eigenvalue weighted by Gasteiger charge is -2.32. The average molecular weight is 282 g/mol. The van der Waals surface area contributed by atoms with Gasteiger partial charge in [-0.2, -0.15) is 0 Å². The van der Waals surface area contributed by atoms with Crippen LogP contribution in [0.15, 0.2) is 42.5 Å². The molecule has 0 radical (unpaired) electrons. The lowest BCUT2D eigenvalue weighted by atomic mass is 9.80. The van der Waals surface area contributed by atoms with Crippen LogP contribution in [0.25, 0.3) is 10.8 Å². The summed E-state index contributed by atoms with van der Waals surface area (Å²) < 4.78 is 0. The average Bonchev–Trinajstić information content (AvgIpc) is 2.47. The number of nitrogens with one attached hydrogen (secondary N) is 1. The normalized spacial score (nSPS) is 17.6. The highest BCUT2D eigenvalue weighted by Gasteiger charge is 2.29. The van der Waals surface area contributed by atoms with Crippen molar-refractivity contribution >= 4 is 22.4 Å². The van der Waals surface area contributed by atoms with Crippen LogP contribution in [0.5, 0.6) is 0 Å². The number of fused-ring (bicyclic) bond motifs is 1. The quantitative estimate of drug-likeness (QED) is 0.899. The van der Waals surface area contributed by atoms with Gasteiger partial charge in [-0.15, -0.1) is 0 Å². The SMILES string of the molecule is NC1(CC(=O)Nc2ccc3ccccc3c2)CCCCC1. The molecule has 3 N–H and O–H groups in total. The number of nitrogens with two attached hydrogens (primary N) is 1. The molecule has 0 unspecified atom stereocenters. The second kappa shape index (κ2) is 5.86. The topological polar surface area (TPSA) is 55.1 Å². The Morgan fingerprint density at radius 2 is 1.76 bits per heavy atom. The predicted molar refractivity (Wildman–Crippen MR) is 87.2 cm³/mol. The van der Waals surface area contributed by atoms with Crippen LogP contribution in [0.4, 0.5) is 5.69 Å². The van der Waals surface area contributed by atoms with Crippen LogP contribution in [0, 0.1) is 0 Å². The van der Waals surface area contributed by atoms with Crippen LogP contribution in [-0.4, -0.2) is 11.4 Å². The Bertz CT molecular complexity index is 644. The van der Waals surface area contributed by atoms with Crippen LogP contribution in [0.1, 0.15) is 38.5 Å². The van der Waals surface area contributed by atoms with Crippen molar-refractivity contribution in [1.82, 2.24) is 0 Å². The van der Waals surface area contributed by atoms with E-state index in [-0.39, 0.29) is 11.4 Å². The first-order valence-corrected chi connectivity index (χ1v) is 7.72. The first-order chi connectivity index (χ1) is 10.1. The monoisotopic (exact) mass is 282 g/mol.